The van der Waals surface area contributed by atoms with E-state index in [1.165, 1.54) is 6.07 Å². The number of furan rings is 1. The molecule has 0 bridgehead atoms. The Balaban J connectivity index is 1.52. The van der Waals surface area contributed by atoms with Crippen molar-refractivity contribution in [3.05, 3.63) is 164 Å². The summed E-state index contributed by atoms with van der Waals surface area (Å²) in [6.07, 6.45) is 0. The molecule has 1 aromatic heterocycles. The summed E-state index contributed by atoms with van der Waals surface area (Å²) in [7, 11) is -6.08. The van der Waals surface area contributed by atoms with Crippen molar-refractivity contribution < 1.29 is 30.2 Å². The minimum Gasteiger partial charge on any atom is -0.452 e. The molecular weight excluding hydrogens is 674 g/mol. The molecule has 0 saturated heterocycles. The average molecular weight is 701 g/mol. The van der Waals surface area contributed by atoms with Gasteiger partial charge in [0.1, 0.15) is 5.58 Å². The molecule has 1 heterocycles. The van der Waals surface area contributed by atoms with Gasteiger partial charge in [0.25, 0.3) is 0 Å². The van der Waals surface area contributed by atoms with Crippen LogP contribution in [0, 0.1) is 0 Å². The van der Waals surface area contributed by atoms with Gasteiger partial charge in [0.05, 0.1) is 11.1 Å². The number of benzene rings is 7. The number of anilines is 6. The minimum atomic E-state index is -6.08. The zero-order valence-corrected chi connectivity index (χ0v) is 27.5. The van der Waals surface area contributed by atoms with Gasteiger partial charge in [0.2, 0.25) is 0 Å². The summed E-state index contributed by atoms with van der Waals surface area (Å²) in [5.74, 6) is -0.552. The first-order valence-corrected chi connectivity index (χ1v) is 17.3. The fraction of sp³-hybridized carbons (Fsp3) is 0.0244. The molecule has 0 N–H and O–H groups in total. The van der Waals surface area contributed by atoms with Gasteiger partial charge in [-0.1, -0.05) is 97.1 Å². The van der Waals surface area contributed by atoms with Gasteiger partial charge in [0.15, 0.2) is 11.3 Å². The van der Waals surface area contributed by atoms with Gasteiger partial charge in [-0.15, -0.1) is 0 Å². The molecule has 0 atom stereocenters. The topological polar surface area (TPSA) is 63.0 Å². The predicted octanol–water partition coefficient (Wildman–Crippen LogP) is 11.9. The van der Waals surface area contributed by atoms with Crippen LogP contribution in [0.1, 0.15) is 0 Å². The summed E-state index contributed by atoms with van der Waals surface area (Å²) in [5.41, 5.74) is -0.943. The molecule has 0 saturated carbocycles. The lowest BCUT2D eigenvalue weighted by atomic mass is 9.99. The normalized spacial score (nSPS) is 12.0. The van der Waals surface area contributed by atoms with Crippen LogP contribution in [0.3, 0.4) is 0 Å². The molecule has 0 aliphatic rings. The van der Waals surface area contributed by atoms with Crippen LogP contribution < -0.4 is 14.0 Å². The molecule has 6 nitrogen and oxygen atoms in total. The van der Waals surface area contributed by atoms with E-state index >= 15 is 0 Å². The summed E-state index contributed by atoms with van der Waals surface area (Å²) in [5, 5.41) is 1.47. The molecule has 0 unspecified atom stereocenters. The molecule has 51 heavy (non-hydrogen) atoms. The van der Waals surface area contributed by atoms with Crippen LogP contribution in [-0.4, -0.2) is 13.9 Å². The third kappa shape index (κ3) is 5.69. The van der Waals surface area contributed by atoms with Crippen LogP contribution >= 0.6 is 0 Å². The molecule has 8 rings (SSSR count). The maximum absolute atomic E-state index is 13.9. The van der Waals surface area contributed by atoms with Crippen molar-refractivity contribution in [3.8, 4) is 5.75 Å². The van der Waals surface area contributed by atoms with Crippen molar-refractivity contribution in [1.82, 2.24) is 0 Å². The highest BCUT2D eigenvalue weighted by Crippen LogP contribution is 2.52. The number of alkyl halides is 3. The molecule has 0 aliphatic heterocycles. The molecular formula is C41H27F3N2O4S. The zero-order chi connectivity index (χ0) is 35.2. The van der Waals surface area contributed by atoms with Gasteiger partial charge >= 0.3 is 15.6 Å². The van der Waals surface area contributed by atoms with E-state index in [9.17, 15) is 21.6 Å². The lowest BCUT2D eigenvalue weighted by Gasteiger charge is -2.28. The Morgan fingerprint density at radius 1 is 0.510 bits per heavy atom. The lowest BCUT2D eigenvalue weighted by Crippen LogP contribution is -2.28. The third-order valence-corrected chi connectivity index (χ3v) is 9.51. The largest absolute Gasteiger partial charge is 0.534 e. The predicted molar refractivity (Wildman–Crippen MR) is 196 cm³/mol. The number of nitrogens with zero attached hydrogens (tertiary/aromatic N) is 2. The Kier molecular flexibility index (Phi) is 7.88. The Morgan fingerprint density at radius 2 is 0.961 bits per heavy atom. The van der Waals surface area contributed by atoms with Crippen LogP contribution in [0.5, 0.6) is 5.75 Å². The second kappa shape index (κ2) is 12.6. The van der Waals surface area contributed by atoms with Crippen LogP contribution in [0.15, 0.2) is 168 Å². The minimum absolute atomic E-state index is 0.124. The van der Waals surface area contributed by atoms with E-state index in [0.29, 0.717) is 27.4 Å². The average Bonchev–Trinajstić information content (AvgIpc) is 3.53. The lowest BCUT2D eigenvalue weighted by molar-refractivity contribution is -0.0499. The number of hydrogen-bond donors (Lipinski definition) is 0. The molecule has 0 fully saturated rings. The van der Waals surface area contributed by atoms with Gasteiger partial charge in [-0.2, -0.15) is 21.6 Å². The summed E-state index contributed by atoms with van der Waals surface area (Å²) in [6.45, 7) is 0. The molecule has 252 valence electrons. The van der Waals surface area contributed by atoms with Crippen molar-refractivity contribution in [2.45, 2.75) is 5.51 Å². The Labute approximate surface area is 291 Å². The number of rotatable bonds is 8. The quantitative estimate of drug-likeness (QED) is 0.116. The van der Waals surface area contributed by atoms with Crippen LogP contribution in [0.2, 0.25) is 0 Å². The summed E-state index contributed by atoms with van der Waals surface area (Å²) in [6, 6.07) is 50.6. The van der Waals surface area contributed by atoms with Crippen LogP contribution in [0.4, 0.5) is 47.3 Å². The maximum Gasteiger partial charge on any atom is 0.534 e. The molecule has 0 aliphatic carbocycles. The summed E-state index contributed by atoms with van der Waals surface area (Å²) < 4.78 is 78.3. The fourth-order valence-electron chi connectivity index (χ4n) is 6.40. The first-order valence-electron chi connectivity index (χ1n) is 15.9. The first-order chi connectivity index (χ1) is 24.7. The van der Waals surface area contributed by atoms with Gasteiger partial charge in [0, 0.05) is 44.6 Å². The zero-order valence-electron chi connectivity index (χ0n) is 26.7. The number of halogens is 3. The highest BCUT2D eigenvalue weighted by atomic mass is 32.2. The Hall–Kier alpha value is -6.26. The first kappa shape index (κ1) is 32.0. The SMILES string of the molecule is O=S(=O)(Oc1c2ccccc2c(N(c2ccccc2)c2ccccc2)c2c1oc1ccc(N(c3ccccc3)c3ccccc3)cc12)C(F)(F)F. The number of fused-ring (bicyclic) bond motifs is 4. The highest BCUT2D eigenvalue weighted by molar-refractivity contribution is 7.88. The van der Waals surface area contributed by atoms with Gasteiger partial charge in [-0.3, -0.25) is 0 Å². The smallest absolute Gasteiger partial charge is 0.452 e. The Bertz CT molecular complexity index is 2540. The molecule has 0 spiro atoms. The molecule has 10 heteroatoms. The molecule has 0 amide bonds. The van der Waals surface area contributed by atoms with E-state index in [0.717, 1.165) is 28.4 Å². The van der Waals surface area contributed by atoms with E-state index < -0.39 is 21.4 Å². The van der Waals surface area contributed by atoms with E-state index in [2.05, 4.69) is 4.90 Å². The van der Waals surface area contributed by atoms with E-state index in [4.69, 9.17) is 8.60 Å². The second-order valence-electron chi connectivity index (χ2n) is 11.7. The summed E-state index contributed by atoms with van der Waals surface area (Å²) >= 11 is 0. The van der Waals surface area contributed by atoms with Gasteiger partial charge in [-0.05, 0) is 66.7 Å². The van der Waals surface area contributed by atoms with Crippen LogP contribution in [0.25, 0.3) is 32.7 Å². The van der Waals surface area contributed by atoms with Crippen molar-refractivity contribution in [2.75, 3.05) is 9.80 Å². The fourth-order valence-corrected chi connectivity index (χ4v) is 6.88. The molecule has 7 aromatic carbocycles. The third-order valence-electron chi connectivity index (χ3n) is 8.56. The second-order valence-corrected chi connectivity index (χ2v) is 13.2. The van der Waals surface area contributed by atoms with Crippen molar-refractivity contribution in [2.24, 2.45) is 0 Å². The highest BCUT2D eigenvalue weighted by Gasteiger charge is 2.49. The van der Waals surface area contributed by atoms with Crippen molar-refractivity contribution >= 4 is 77.0 Å². The van der Waals surface area contributed by atoms with Gasteiger partial charge in [-0.25, -0.2) is 0 Å². The van der Waals surface area contributed by atoms with E-state index in [1.807, 2.05) is 138 Å². The van der Waals surface area contributed by atoms with E-state index in [1.54, 1.807) is 24.3 Å². The van der Waals surface area contributed by atoms with Crippen molar-refractivity contribution in [1.29, 1.82) is 0 Å². The van der Waals surface area contributed by atoms with Crippen LogP contribution in [-0.2, 0) is 10.1 Å². The maximum atomic E-state index is 13.9. The molecule has 8 aromatic rings. The number of para-hydroxylation sites is 4. The standard InChI is InChI=1S/C41H27F3N2O4S/c42-41(43,44)51(47,48)50-39-34-24-14-13-23-33(34)38(46(30-19-9-3-10-20-30)31-21-11-4-12-22-31)37-35-27-32(25-26-36(35)49-40(37)39)45(28-15-5-1-6-16-28)29-17-7-2-8-18-29/h1-27H. The molecule has 0 radical (unpaired) electrons. The monoisotopic (exact) mass is 700 g/mol. The van der Waals surface area contributed by atoms with Crippen molar-refractivity contribution in [3.63, 3.8) is 0 Å². The summed E-state index contributed by atoms with van der Waals surface area (Å²) in [4.78, 5) is 4.04. The van der Waals surface area contributed by atoms with Gasteiger partial charge < -0.3 is 18.4 Å². The van der Waals surface area contributed by atoms with E-state index in [-0.39, 0.29) is 11.0 Å². The Morgan fingerprint density at radius 3 is 1.45 bits per heavy atom. The number of hydrogen-bond acceptors (Lipinski definition) is 6.